The zero-order valence-electron chi connectivity index (χ0n) is 15.3. The topological polar surface area (TPSA) is 108 Å². The number of amides is 1. The highest BCUT2D eigenvalue weighted by atomic mass is 16.5. The van der Waals surface area contributed by atoms with Gasteiger partial charge in [0, 0.05) is 39.6 Å². The molecule has 0 unspecified atom stereocenters. The molecule has 9 heteroatoms. The van der Waals surface area contributed by atoms with E-state index >= 15 is 0 Å². The summed E-state index contributed by atoms with van der Waals surface area (Å²) in [5, 5.41) is 13.4. The summed E-state index contributed by atoms with van der Waals surface area (Å²) in [5.41, 5.74) is 0. The van der Waals surface area contributed by atoms with Crippen LogP contribution in [0.5, 0.6) is 0 Å². The lowest BCUT2D eigenvalue weighted by atomic mass is 10.1. The van der Waals surface area contributed by atoms with Crippen molar-refractivity contribution in [2.24, 2.45) is 4.99 Å². The molecular weight excluding hydrogens is 322 g/mol. The van der Waals surface area contributed by atoms with E-state index in [4.69, 9.17) is 4.52 Å². The van der Waals surface area contributed by atoms with Crippen LogP contribution in [0.1, 0.15) is 37.9 Å². The predicted octanol–water partition coefficient (Wildman–Crippen LogP) is 0.0336. The van der Waals surface area contributed by atoms with Crippen LogP contribution < -0.4 is 16.0 Å². The maximum absolute atomic E-state index is 11.8. The van der Waals surface area contributed by atoms with Crippen LogP contribution >= 0.6 is 0 Å². The number of aromatic nitrogens is 2. The normalized spacial score (nSPS) is 16.7. The van der Waals surface area contributed by atoms with Gasteiger partial charge in [0.2, 0.25) is 11.8 Å². The van der Waals surface area contributed by atoms with E-state index in [9.17, 15) is 4.79 Å². The molecule has 0 spiro atoms. The Hall–Kier alpha value is -2.16. The number of rotatable bonds is 7. The van der Waals surface area contributed by atoms with Crippen molar-refractivity contribution in [2.75, 3.05) is 33.2 Å². The maximum atomic E-state index is 11.8. The number of hydrogen-bond donors (Lipinski definition) is 3. The zero-order chi connectivity index (χ0) is 18.1. The molecule has 1 amide bonds. The molecule has 2 rings (SSSR count). The molecule has 2 heterocycles. The van der Waals surface area contributed by atoms with E-state index < -0.39 is 0 Å². The van der Waals surface area contributed by atoms with E-state index in [1.165, 1.54) is 0 Å². The highest BCUT2D eigenvalue weighted by molar-refractivity contribution is 5.80. The van der Waals surface area contributed by atoms with Gasteiger partial charge in [0.1, 0.15) is 0 Å². The third kappa shape index (κ3) is 6.69. The molecule has 140 valence electrons. The predicted molar refractivity (Wildman–Crippen MR) is 95.1 cm³/mol. The first-order valence-corrected chi connectivity index (χ1v) is 8.86. The number of nitrogens with zero attached hydrogens (tertiary/aromatic N) is 4. The van der Waals surface area contributed by atoms with Gasteiger partial charge in [-0.2, -0.15) is 4.98 Å². The number of piperidine rings is 1. The van der Waals surface area contributed by atoms with E-state index in [2.05, 4.69) is 42.9 Å². The van der Waals surface area contributed by atoms with Crippen molar-refractivity contribution in [2.45, 2.75) is 45.7 Å². The lowest BCUT2D eigenvalue weighted by Gasteiger charge is -2.32. The molecule has 9 nitrogen and oxygen atoms in total. The van der Waals surface area contributed by atoms with E-state index in [0.29, 0.717) is 30.8 Å². The van der Waals surface area contributed by atoms with Crippen molar-refractivity contribution < 1.29 is 9.32 Å². The van der Waals surface area contributed by atoms with Crippen molar-refractivity contribution in [3.63, 3.8) is 0 Å². The molecule has 0 saturated carbocycles. The molecule has 1 aromatic heterocycles. The van der Waals surface area contributed by atoms with Crippen LogP contribution in [0.3, 0.4) is 0 Å². The Kier molecular flexibility index (Phi) is 7.65. The smallest absolute Gasteiger partial charge is 0.234 e. The zero-order valence-corrected chi connectivity index (χ0v) is 15.3. The van der Waals surface area contributed by atoms with Gasteiger partial charge in [-0.1, -0.05) is 12.1 Å². The summed E-state index contributed by atoms with van der Waals surface area (Å²) in [6, 6.07) is 0.341. The van der Waals surface area contributed by atoms with Gasteiger partial charge >= 0.3 is 0 Å². The second kappa shape index (κ2) is 9.97. The van der Waals surface area contributed by atoms with Crippen LogP contribution in [0.4, 0.5) is 0 Å². The molecule has 0 atom stereocenters. The Morgan fingerprint density at radius 1 is 1.36 bits per heavy atom. The standard InChI is InChI=1S/C16H29N7O2/c1-4-7-18-15(24)11-23-8-5-13(6-9-23)21-16(17-3)19-10-14-20-12(2)25-22-14/h13H,4-11H2,1-3H3,(H,18,24)(H2,17,19,21). The Morgan fingerprint density at radius 2 is 2.12 bits per heavy atom. The van der Waals surface area contributed by atoms with E-state index in [0.717, 1.165) is 44.9 Å². The number of likely N-dealkylation sites (tertiary alicyclic amines) is 1. The molecule has 1 saturated heterocycles. The SMILES string of the molecule is CCCNC(=O)CN1CCC(NC(=NC)NCc2noc(C)n2)CC1. The molecule has 25 heavy (non-hydrogen) atoms. The van der Waals surface area contributed by atoms with Crippen LogP contribution in [0.25, 0.3) is 0 Å². The molecule has 0 bridgehead atoms. The number of carbonyl (C=O) groups excluding carboxylic acids is 1. The maximum Gasteiger partial charge on any atom is 0.234 e. The van der Waals surface area contributed by atoms with E-state index in [1.54, 1.807) is 14.0 Å². The Balaban J connectivity index is 1.68. The Labute approximate surface area is 148 Å². The van der Waals surface area contributed by atoms with Gasteiger partial charge in [-0.25, -0.2) is 0 Å². The lowest BCUT2D eigenvalue weighted by molar-refractivity contribution is -0.122. The molecule has 0 aliphatic carbocycles. The van der Waals surface area contributed by atoms with Gasteiger partial charge in [-0.05, 0) is 19.3 Å². The summed E-state index contributed by atoms with van der Waals surface area (Å²) in [7, 11) is 1.74. The van der Waals surface area contributed by atoms with Gasteiger partial charge in [0.05, 0.1) is 13.1 Å². The second-order valence-electron chi connectivity index (χ2n) is 6.20. The number of aliphatic imine (C=N–C) groups is 1. The summed E-state index contributed by atoms with van der Waals surface area (Å²) in [6.45, 7) is 7.32. The summed E-state index contributed by atoms with van der Waals surface area (Å²) >= 11 is 0. The van der Waals surface area contributed by atoms with Crippen LogP contribution in [0.2, 0.25) is 0 Å². The van der Waals surface area contributed by atoms with Crippen molar-refractivity contribution in [1.82, 2.24) is 31.0 Å². The Bertz CT molecular complexity index is 565. The van der Waals surface area contributed by atoms with Crippen molar-refractivity contribution in [1.29, 1.82) is 0 Å². The molecule has 3 N–H and O–H groups in total. The van der Waals surface area contributed by atoms with Crippen molar-refractivity contribution in [3.8, 4) is 0 Å². The van der Waals surface area contributed by atoms with E-state index in [1.807, 2.05) is 0 Å². The van der Waals surface area contributed by atoms with Crippen LogP contribution in [-0.4, -0.2) is 66.2 Å². The molecule has 1 fully saturated rings. The van der Waals surface area contributed by atoms with Crippen LogP contribution in [0.15, 0.2) is 9.52 Å². The van der Waals surface area contributed by atoms with Gasteiger partial charge in [0.25, 0.3) is 0 Å². The van der Waals surface area contributed by atoms with E-state index in [-0.39, 0.29) is 5.91 Å². The minimum atomic E-state index is 0.112. The molecule has 0 radical (unpaired) electrons. The minimum Gasteiger partial charge on any atom is -0.355 e. The number of hydrogen-bond acceptors (Lipinski definition) is 6. The van der Waals surface area contributed by atoms with Gasteiger partial charge in [-0.3, -0.25) is 14.7 Å². The molecule has 0 aromatic carbocycles. The third-order valence-corrected chi connectivity index (χ3v) is 4.07. The number of nitrogens with one attached hydrogen (secondary N) is 3. The van der Waals surface area contributed by atoms with Gasteiger partial charge in [-0.15, -0.1) is 0 Å². The summed E-state index contributed by atoms with van der Waals surface area (Å²) in [4.78, 5) is 22.4. The monoisotopic (exact) mass is 351 g/mol. The van der Waals surface area contributed by atoms with Crippen molar-refractivity contribution >= 4 is 11.9 Å². The number of carbonyl (C=O) groups is 1. The summed E-state index contributed by atoms with van der Waals surface area (Å²) in [5.74, 6) is 1.99. The first kappa shape index (κ1) is 19.2. The highest BCUT2D eigenvalue weighted by Gasteiger charge is 2.21. The molecular formula is C16H29N7O2. The first-order valence-electron chi connectivity index (χ1n) is 8.86. The van der Waals surface area contributed by atoms with Crippen LogP contribution in [0, 0.1) is 6.92 Å². The molecule has 1 aliphatic heterocycles. The first-order chi connectivity index (χ1) is 12.1. The molecule has 1 aromatic rings. The lowest BCUT2D eigenvalue weighted by Crippen LogP contribution is -2.50. The van der Waals surface area contributed by atoms with Crippen molar-refractivity contribution in [3.05, 3.63) is 11.7 Å². The quantitative estimate of drug-likeness (QED) is 0.470. The fraction of sp³-hybridized carbons (Fsp3) is 0.750. The third-order valence-electron chi connectivity index (χ3n) is 4.07. The highest BCUT2D eigenvalue weighted by Crippen LogP contribution is 2.09. The minimum absolute atomic E-state index is 0.112. The fourth-order valence-electron chi connectivity index (χ4n) is 2.72. The average Bonchev–Trinajstić information content (AvgIpc) is 3.03. The fourth-order valence-corrected chi connectivity index (χ4v) is 2.72. The molecule has 1 aliphatic rings. The average molecular weight is 351 g/mol. The Morgan fingerprint density at radius 3 is 2.72 bits per heavy atom. The second-order valence-corrected chi connectivity index (χ2v) is 6.20. The summed E-state index contributed by atoms with van der Waals surface area (Å²) < 4.78 is 4.95. The number of aryl methyl sites for hydroxylation is 1. The van der Waals surface area contributed by atoms with Crippen LogP contribution in [-0.2, 0) is 11.3 Å². The van der Waals surface area contributed by atoms with Gasteiger partial charge in [0.15, 0.2) is 11.8 Å². The number of guanidine groups is 1. The summed E-state index contributed by atoms with van der Waals surface area (Å²) in [6.07, 6.45) is 2.92. The largest absolute Gasteiger partial charge is 0.355 e. The van der Waals surface area contributed by atoms with Gasteiger partial charge < -0.3 is 20.5 Å².